The minimum Gasteiger partial charge on any atom is -0.312 e. The second kappa shape index (κ2) is 3.66. The fraction of sp³-hybridized carbons (Fsp3) is 0.300. The van der Waals surface area contributed by atoms with Crippen molar-refractivity contribution in [3.05, 3.63) is 35.9 Å². The molecular formula is C10H11FN2. The standard InChI is InChI=1S/C10H11FN2/c11-10-7-13-5-3-9(10)8-2-1-4-12-6-8/h2-3,5,7,12H,1,4,6H2. The van der Waals surface area contributed by atoms with Crippen LogP contribution in [0.2, 0.25) is 0 Å². The number of nitrogens with one attached hydrogen (secondary N) is 1. The smallest absolute Gasteiger partial charge is 0.149 e. The molecule has 0 atom stereocenters. The van der Waals surface area contributed by atoms with Crippen molar-refractivity contribution in [3.8, 4) is 0 Å². The maximum absolute atomic E-state index is 13.2. The number of rotatable bonds is 1. The molecule has 0 bridgehead atoms. The summed E-state index contributed by atoms with van der Waals surface area (Å²) in [7, 11) is 0. The normalized spacial score (nSPS) is 16.8. The molecular weight excluding hydrogens is 167 g/mol. The third-order valence-electron chi connectivity index (χ3n) is 2.15. The predicted octanol–water partition coefficient (Wildman–Crippen LogP) is 1.60. The number of nitrogens with zero attached hydrogens (tertiary/aromatic N) is 1. The monoisotopic (exact) mass is 178 g/mol. The van der Waals surface area contributed by atoms with Crippen molar-refractivity contribution in [2.45, 2.75) is 6.42 Å². The van der Waals surface area contributed by atoms with Gasteiger partial charge in [-0.15, -0.1) is 0 Å². The summed E-state index contributed by atoms with van der Waals surface area (Å²) in [6.07, 6.45) is 5.92. The van der Waals surface area contributed by atoms with E-state index in [-0.39, 0.29) is 5.82 Å². The predicted molar refractivity (Wildman–Crippen MR) is 49.7 cm³/mol. The van der Waals surface area contributed by atoms with Gasteiger partial charge in [0.2, 0.25) is 0 Å². The van der Waals surface area contributed by atoms with Crippen LogP contribution in [-0.4, -0.2) is 18.1 Å². The molecule has 0 unspecified atom stereocenters. The third-order valence-corrected chi connectivity index (χ3v) is 2.15. The van der Waals surface area contributed by atoms with E-state index in [1.54, 1.807) is 12.3 Å². The lowest BCUT2D eigenvalue weighted by Gasteiger charge is -2.14. The molecule has 0 spiro atoms. The Morgan fingerprint density at radius 3 is 3.08 bits per heavy atom. The van der Waals surface area contributed by atoms with Gasteiger partial charge in [0, 0.05) is 18.3 Å². The first-order chi connectivity index (χ1) is 6.38. The van der Waals surface area contributed by atoms with Crippen LogP contribution in [0.25, 0.3) is 5.57 Å². The van der Waals surface area contributed by atoms with Gasteiger partial charge in [0.25, 0.3) is 0 Å². The Bertz CT molecular complexity index is 333. The Kier molecular flexibility index (Phi) is 2.36. The summed E-state index contributed by atoms with van der Waals surface area (Å²) < 4.78 is 13.2. The van der Waals surface area contributed by atoms with Gasteiger partial charge in [-0.3, -0.25) is 4.98 Å². The molecule has 2 heterocycles. The second-order valence-electron chi connectivity index (χ2n) is 3.05. The highest BCUT2D eigenvalue weighted by atomic mass is 19.1. The van der Waals surface area contributed by atoms with E-state index in [1.165, 1.54) is 6.20 Å². The summed E-state index contributed by atoms with van der Waals surface area (Å²) in [5.41, 5.74) is 1.70. The number of pyridine rings is 1. The molecule has 0 radical (unpaired) electrons. The van der Waals surface area contributed by atoms with Gasteiger partial charge in [-0.1, -0.05) is 6.08 Å². The molecule has 0 aromatic carbocycles. The van der Waals surface area contributed by atoms with Crippen LogP contribution in [0.3, 0.4) is 0 Å². The molecule has 0 saturated carbocycles. The zero-order valence-electron chi connectivity index (χ0n) is 7.26. The van der Waals surface area contributed by atoms with Gasteiger partial charge in [0.1, 0.15) is 5.82 Å². The Morgan fingerprint density at radius 1 is 1.46 bits per heavy atom. The van der Waals surface area contributed by atoms with Crippen molar-refractivity contribution in [2.24, 2.45) is 0 Å². The van der Waals surface area contributed by atoms with Gasteiger partial charge in [0.15, 0.2) is 0 Å². The lowest BCUT2D eigenvalue weighted by Crippen LogP contribution is -2.21. The first kappa shape index (κ1) is 8.38. The van der Waals surface area contributed by atoms with Crippen molar-refractivity contribution in [2.75, 3.05) is 13.1 Å². The van der Waals surface area contributed by atoms with Crippen LogP contribution >= 0.6 is 0 Å². The van der Waals surface area contributed by atoms with Crippen molar-refractivity contribution in [1.29, 1.82) is 0 Å². The molecule has 3 heteroatoms. The molecule has 2 rings (SSSR count). The molecule has 1 aliphatic rings. The molecule has 13 heavy (non-hydrogen) atoms. The van der Waals surface area contributed by atoms with Gasteiger partial charge < -0.3 is 5.32 Å². The molecule has 0 fully saturated rings. The third kappa shape index (κ3) is 1.75. The second-order valence-corrected chi connectivity index (χ2v) is 3.05. The van der Waals surface area contributed by atoms with Crippen LogP contribution < -0.4 is 5.32 Å². The average Bonchev–Trinajstić information content (AvgIpc) is 2.20. The Hall–Kier alpha value is -1.22. The number of hydrogen-bond donors (Lipinski definition) is 1. The molecule has 1 aliphatic heterocycles. The molecule has 68 valence electrons. The first-order valence-electron chi connectivity index (χ1n) is 4.37. The summed E-state index contributed by atoms with van der Waals surface area (Å²) in [6, 6.07) is 1.72. The van der Waals surface area contributed by atoms with E-state index in [0.29, 0.717) is 5.56 Å². The Morgan fingerprint density at radius 2 is 2.38 bits per heavy atom. The fourth-order valence-corrected chi connectivity index (χ4v) is 1.48. The van der Waals surface area contributed by atoms with Crippen LogP contribution in [0.15, 0.2) is 24.5 Å². The fourth-order valence-electron chi connectivity index (χ4n) is 1.48. The van der Waals surface area contributed by atoms with E-state index in [2.05, 4.69) is 16.4 Å². The van der Waals surface area contributed by atoms with Gasteiger partial charge >= 0.3 is 0 Å². The van der Waals surface area contributed by atoms with E-state index >= 15 is 0 Å². The number of aromatic nitrogens is 1. The van der Waals surface area contributed by atoms with E-state index in [1.807, 2.05) is 0 Å². The van der Waals surface area contributed by atoms with Crippen LogP contribution in [-0.2, 0) is 0 Å². The maximum Gasteiger partial charge on any atom is 0.149 e. The van der Waals surface area contributed by atoms with Gasteiger partial charge in [-0.25, -0.2) is 4.39 Å². The highest BCUT2D eigenvalue weighted by Crippen LogP contribution is 2.18. The average molecular weight is 178 g/mol. The van der Waals surface area contributed by atoms with Crippen LogP contribution in [0.1, 0.15) is 12.0 Å². The van der Waals surface area contributed by atoms with E-state index < -0.39 is 0 Å². The molecule has 0 saturated heterocycles. The molecule has 1 aromatic heterocycles. The lowest BCUT2D eigenvalue weighted by molar-refractivity contribution is 0.614. The highest BCUT2D eigenvalue weighted by Gasteiger charge is 2.09. The summed E-state index contributed by atoms with van der Waals surface area (Å²) in [5.74, 6) is -0.238. The number of hydrogen-bond acceptors (Lipinski definition) is 2. The van der Waals surface area contributed by atoms with E-state index in [4.69, 9.17) is 0 Å². The van der Waals surface area contributed by atoms with E-state index in [0.717, 1.165) is 25.1 Å². The topological polar surface area (TPSA) is 24.9 Å². The summed E-state index contributed by atoms with van der Waals surface area (Å²) in [4.78, 5) is 3.72. The van der Waals surface area contributed by atoms with Crippen LogP contribution in [0.5, 0.6) is 0 Å². The lowest BCUT2D eigenvalue weighted by atomic mass is 10.0. The minimum absolute atomic E-state index is 0.238. The van der Waals surface area contributed by atoms with Crippen molar-refractivity contribution in [1.82, 2.24) is 10.3 Å². The van der Waals surface area contributed by atoms with E-state index in [9.17, 15) is 4.39 Å². The maximum atomic E-state index is 13.2. The summed E-state index contributed by atoms with van der Waals surface area (Å²) in [5, 5.41) is 3.21. The van der Waals surface area contributed by atoms with Gasteiger partial charge in [0.05, 0.1) is 6.20 Å². The molecule has 1 N–H and O–H groups in total. The van der Waals surface area contributed by atoms with Crippen LogP contribution in [0, 0.1) is 5.82 Å². The van der Waals surface area contributed by atoms with Gasteiger partial charge in [-0.2, -0.15) is 0 Å². The summed E-state index contributed by atoms with van der Waals surface area (Å²) in [6.45, 7) is 1.73. The zero-order valence-corrected chi connectivity index (χ0v) is 7.26. The zero-order chi connectivity index (χ0) is 9.10. The minimum atomic E-state index is -0.238. The Balaban J connectivity index is 2.34. The SMILES string of the molecule is Fc1cnccc1C1=CCCNC1. The highest BCUT2D eigenvalue weighted by molar-refractivity contribution is 5.67. The molecule has 1 aromatic rings. The number of halogens is 1. The van der Waals surface area contributed by atoms with Crippen molar-refractivity contribution in [3.63, 3.8) is 0 Å². The largest absolute Gasteiger partial charge is 0.312 e. The Labute approximate surface area is 76.5 Å². The molecule has 0 amide bonds. The van der Waals surface area contributed by atoms with Crippen molar-refractivity contribution < 1.29 is 4.39 Å². The van der Waals surface area contributed by atoms with Gasteiger partial charge in [-0.05, 0) is 24.6 Å². The molecule has 0 aliphatic carbocycles. The summed E-state index contributed by atoms with van der Waals surface area (Å²) >= 11 is 0. The van der Waals surface area contributed by atoms with Crippen molar-refractivity contribution >= 4 is 5.57 Å². The first-order valence-corrected chi connectivity index (χ1v) is 4.37. The van der Waals surface area contributed by atoms with Crippen LogP contribution in [0.4, 0.5) is 4.39 Å². The molecule has 2 nitrogen and oxygen atoms in total. The quantitative estimate of drug-likeness (QED) is 0.706.